The van der Waals surface area contributed by atoms with Crippen molar-refractivity contribution >= 4 is 11.3 Å². The summed E-state index contributed by atoms with van der Waals surface area (Å²) in [6.45, 7) is 7.15. The van der Waals surface area contributed by atoms with Gasteiger partial charge in [0.1, 0.15) is 0 Å². The molecule has 1 aliphatic heterocycles. The molecule has 0 aliphatic carbocycles. The Labute approximate surface area is 107 Å². The van der Waals surface area contributed by atoms with Crippen LogP contribution in [-0.2, 0) is 0 Å². The summed E-state index contributed by atoms with van der Waals surface area (Å²) in [7, 11) is 2.17. The maximum atomic E-state index is 5.87. The molecule has 17 heavy (non-hydrogen) atoms. The van der Waals surface area contributed by atoms with E-state index < -0.39 is 0 Å². The molecule has 1 atom stereocenters. The fourth-order valence-corrected chi connectivity index (χ4v) is 2.96. The van der Waals surface area contributed by atoms with Gasteiger partial charge in [0.2, 0.25) is 0 Å². The van der Waals surface area contributed by atoms with E-state index in [4.69, 9.17) is 5.73 Å². The molecule has 3 N–H and O–H groups in total. The molecule has 1 fully saturated rings. The molecule has 0 radical (unpaired) electrons. The first-order valence-electron chi connectivity index (χ1n) is 6.15. The Hall–Kier alpha value is -0.460. The van der Waals surface area contributed by atoms with Gasteiger partial charge in [0.15, 0.2) is 0 Å². The number of rotatable bonds is 4. The van der Waals surface area contributed by atoms with Crippen LogP contribution in [0.25, 0.3) is 0 Å². The summed E-state index contributed by atoms with van der Waals surface area (Å²) < 4.78 is 0. The van der Waals surface area contributed by atoms with E-state index in [2.05, 4.69) is 41.4 Å². The highest BCUT2D eigenvalue weighted by atomic mass is 32.1. The smallest absolute Gasteiger partial charge is 0.0680 e. The average molecular weight is 254 g/mol. The van der Waals surface area contributed by atoms with Crippen LogP contribution >= 0.6 is 11.3 Å². The van der Waals surface area contributed by atoms with Crippen LogP contribution in [0.5, 0.6) is 0 Å². The summed E-state index contributed by atoms with van der Waals surface area (Å²) in [4.78, 5) is 5.04. The molecule has 1 aliphatic rings. The van der Waals surface area contributed by atoms with Crippen molar-refractivity contribution < 1.29 is 0 Å². The zero-order valence-electron chi connectivity index (χ0n) is 10.6. The Morgan fingerprint density at radius 3 is 2.59 bits per heavy atom. The predicted molar refractivity (Wildman–Crippen MR) is 73.1 cm³/mol. The number of likely N-dealkylation sites (N-methyl/N-ethyl adjacent to an activating group) is 1. The van der Waals surface area contributed by atoms with Crippen LogP contribution in [0.1, 0.15) is 15.8 Å². The molecule has 0 spiro atoms. The first kappa shape index (κ1) is 13.0. The van der Waals surface area contributed by atoms with Crippen LogP contribution in [0.15, 0.2) is 12.1 Å². The Bertz CT molecular complexity index is 344. The fourth-order valence-electron chi connectivity index (χ4n) is 2.03. The van der Waals surface area contributed by atoms with E-state index in [1.54, 1.807) is 0 Å². The minimum atomic E-state index is 0.261. The molecule has 1 aromatic heterocycles. The number of hydrazine groups is 1. The minimum Gasteiger partial charge on any atom is -0.329 e. The van der Waals surface area contributed by atoms with Crippen LogP contribution in [0, 0.1) is 6.92 Å². The number of nitrogens with zero attached hydrogens (tertiary/aromatic N) is 2. The summed E-state index contributed by atoms with van der Waals surface area (Å²) in [6, 6.07) is 4.60. The highest BCUT2D eigenvalue weighted by Gasteiger charge is 2.18. The van der Waals surface area contributed by atoms with Gasteiger partial charge in [0, 0.05) is 42.5 Å². The Kier molecular flexibility index (Phi) is 4.53. The first-order valence-corrected chi connectivity index (χ1v) is 6.97. The molecule has 96 valence electrons. The van der Waals surface area contributed by atoms with E-state index in [1.165, 1.54) is 9.75 Å². The molecule has 1 saturated heterocycles. The van der Waals surface area contributed by atoms with Crippen molar-refractivity contribution in [3.63, 3.8) is 0 Å². The van der Waals surface area contributed by atoms with Crippen LogP contribution in [0.2, 0.25) is 0 Å². The number of hydrogen-bond donors (Lipinski definition) is 2. The van der Waals surface area contributed by atoms with Gasteiger partial charge in [0.05, 0.1) is 6.04 Å². The lowest BCUT2D eigenvalue weighted by atomic mass is 10.2. The summed E-state index contributed by atoms with van der Waals surface area (Å²) in [5.41, 5.74) is 9.41. The number of piperazine rings is 1. The number of hydrogen-bond acceptors (Lipinski definition) is 5. The van der Waals surface area contributed by atoms with E-state index in [0.29, 0.717) is 6.54 Å². The largest absolute Gasteiger partial charge is 0.329 e. The monoisotopic (exact) mass is 254 g/mol. The Morgan fingerprint density at radius 2 is 2.06 bits per heavy atom. The van der Waals surface area contributed by atoms with Gasteiger partial charge in [-0.2, -0.15) is 0 Å². The molecule has 0 amide bonds. The second-order valence-electron chi connectivity index (χ2n) is 4.66. The van der Waals surface area contributed by atoms with Gasteiger partial charge >= 0.3 is 0 Å². The molecule has 0 bridgehead atoms. The van der Waals surface area contributed by atoms with Gasteiger partial charge in [-0.15, -0.1) is 11.3 Å². The van der Waals surface area contributed by atoms with Gasteiger partial charge in [0.25, 0.3) is 0 Å². The molecular weight excluding hydrogens is 232 g/mol. The van der Waals surface area contributed by atoms with Crippen molar-refractivity contribution in [2.24, 2.45) is 5.73 Å². The molecule has 4 nitrogen and oxygen atoms in total. The molecule has 0 saturated carbocycles. The molecule has 2 rings (SSSR count). The third-order valence-electron chi connectivity index (χ3n) is 3.18. The zero-order chi connectivity index (χ0) is 12.3. The molecule has 5 heteroatoms. The molecular formula is C12H22N4S. The van der Waals surface area contributed by atoms with Crippen molar-refractivity contribution in [2.45, 2.75) is 13.0 Å². The van der Waals surface area contributed by atoms with E-state index in [0.717, 1.165) is 26.2 Å². The summed E-state index contributed by atoms with van der Waals surface area (Å²) >= 11 is 1.83. The van der Waals surface area contributed by atoms with E-state index in [9.17, 15) is 0 Å². The third kappa shape index (κ3) is 3.50. The van der Waals surface area contributed by atoms with E-state index in [-0.39, 0.29) is 6.04 Å². The van der Waals surface area contributed by atoms with Crippen molar-refractivity contribution in [1.82, 2.24) is 15.3 Å². The SMILES string of the molecule is Cc1ccc(C(CN)NN2CCN(C)CC2)s1. The minimum absolute atomic E-state index is 0.261. The van der Waals surface area contributed by atoms with Crippen molar-refractivity contribution in [1.29, 1.82) is 0 Å². The summed E-state index contributed by atoms with van der Waals surface area (Å²) in [5.74, 6) is 0. The normalized spacial score (nSPS) is 20.6. The number of thiophene rings is 1. The maximum Gasteiger partial charge on any atom is 0.0680 e. The lowest BCUT2D eigenvalue weighted by Crippen LogP contribution is -2.52. The van der Waals surface area contributed by atoms with Gasteiger partial charge in [-0.25, -0.2) is 10.4 Å². The topological polar surface area (TPSA) is 44.5 Å². The standard InChI is InChI=1S/C12H22N4S/c1-10-3-4-12(17-10)11(9-13)14-16-7-5-15(2)6-8-16/h3-4,11,14H,5-9,13H2,1-2H3. The lowest BCUT2D eigenvalue weighted by molar-refractivity contribution is 0.0886. The molecule has 1 aromatic rings. The van der Waals surface area contributed by atoms with E-state index >= 15 is 0 Å². The van der Waals surface area contributed by atoms with Crippen LogP contribution in [-0.4, -0.2) is 49.7 Å². The van der Waals surface area contributed by atoms with Gasteiger partial charge in [-0.1, -0.05) is 0 Å². The molecule has 0 aromatic carbocycles. The summed E-state index contributed by atoms with van der Waals surface area (Å²) in [6.07, 6.45) is 0. The average Bonchev–Trinajstić information content (AvgIpc) is 2.75. The van der Waals surface area contributed by atoms with Gasteiger partial charge in [-0.3, -0.25) is 0 Å². The van der Waals surface area contributed by atoms with Crippen LogP contribution < -0.4 is 11.2 Å². The second-order valence-corrected chi connectivity index (χ2v) is 5.98. The maximum absolute atomic E-state index is 5.87. The number of nitrogens with two attached hydrogens (primary N) is 1. The Morgan fingerprint density at radius 1 is 1.35 bits per heavy atom. The third-order valence-corrected chi connectivity index (χ3v) is 4.30. The first-order chi connectivity index (χ1) is 8.19. The van der Waals surface area contributed by atoms with Crippen molar-refractivity contribution in [3.8, 4) is 0 Å². The zero-order valence-corrected chi connectivity index (χ0v) is 11.5. The quantitative estimate of drug-likeness (QED) is 0.834. The number of nitrogens with one attached hydrogen (secondary N) is 1. The van der Waals surface area contributed by atoms with Crippen LogP contribution in [0.3, 0.4) is 0 Å². The van der Waals surface area contributed by atoms with Gasteiger partial charge in [-0.05, 0) is 26.1 Å². The highest BCUT2D eigenvalue weighted by molar-refractivity contribution is 7.12. The lowest BCUT2D eigenvalue weighted by Gasteiger charge is -2.35. The number of aryl methyl sites for hydroxylation is 1. The predicted octanol–water partition coefficient (Wildman–Crippen LogP) is 0.808. The van der Waals surface area contributed by atoms with Crippen molar-refractivity contribution in [3.05, 3.63) is 21.9 Å². The van der Waals surface area contributed by atoms with Crippen molar-refractivity contribution in [2.75, 3.05) is 39.8 Å². The van der Waals surface area contributed by atoms with E-state index in [1.807, 2.05) is 11.3 Å². The summed E-state index contributed by atoms with van der Waals surface area (Å²) in [5, 5.41) is 2.30. The Balaban J connectivity index is 1.91. The molecule has 1 unspecified atom stereocenters. The molecule has 2 heterocycles. The second kappa shape index (κ2) is 5.93. The fraction of sp³-hybridized carbons (Fsp3) is 0.667. The highest BCUT2D eigenvalue weighted by Crippen LogP contribution is 2.22. The van der Waals surface area contributed by atoms with Crippen LogP contribution in [0.4, 0.5) is 0 Å². The van der Waals surface area contributed by atoms with Gasteiger partial charge < -0.3 is 10.6 Å².